The molecule has 1 atom stereocenters. The summed E-state index contributed by atoms with van der Waals surface area (Å²) in [6.07, 6.45) is 2.99. The maximum Gasteiger partial charge on any atom is 0.253 e. The lowest BCUT2D eigenvalue weighted by molar-refractivity contribution is -0.124. The third-order valence-electron chi connectivity index (χ3n) is 3.62. The molecule has 1 aromatic carbocycles. The van der Waals surface area contributed by atoms with Crippen LogP contribution in [0.1, 0.15) is 12.8 Å². The van der Waals surface area contributed by atoms with E-state index in [1.165, 1.54) is 0 Å². The summed E-state index contributed by atoms with van der Waals surface area (Å²) in [6, 6.07) is 11.2. The predicted molar refractivity (Wildman–Crippen MR) is 88.1 cm³/mol. The summed E-state index contributed by atoms with van der Waals surface area (Å²) in [7, 11) is 1.63. The van der Waals surface area contributed by atoms with Crippen LogP contribution in [0.2, 0.25) is 0 Å². The number of benzene rings is 1. The van der Waals surface area contributed by atoms with Gasteiger partial charge >= 0.3 is 0 Å². The smallest absolute Gasteiger partial charge is 0.253 e. The molecule has 1 saturated heterocycles. The first-order chi connectivity index (χ1) is 11.2. The molecule has 0 spiro atoms. The number of hydrogen-bond donors (Lipinski definition) is 2. The van der Waals surface area contributed by atoms with Crippen LogP contribution in [0, 0.1) is 0 Å². The third kappa shape index (κ3) is 3.98. The number of rotatable bonds is 5. The molecule has 1 aliphatic rings. The van der Waals surface area contributed by atoms with Gasteiger partial charge in [-0.2, -0.15) is 0 Å². The molecule has 1 aromatic heterocycles. The van der Waals surface area contributed by atoms with Crippen LogP contribution < -0.4 is 15.4 Å². The van der Waals surface area contributed by atoms with Crippen LogP contribution in [-0.4, -0.2) is 30.7 Å². The maximum atomic E-state index is 12.0. The summed E-state index contributed by atoms with van der Waals surface area (Å²) in [5.74, 6) is 1.39. The molecule has 2 heterocycles. The van der Waals surface area contributed by atoms with Gasteiger partial charge < -0.3 is 20.1 Å². The molecule has 1 aliphatic heterocycles. The van der Waals surface area contributed by atoms with Crippen LogP contribution in [0.4, 0.5) is 17.2 Å². The Kier molecular flexibility index (Phi) is 4.73. The molecule has 0 radical (unpaired) electrons. The predicted octanol–water partition coefficient (Wildman–Crippen LogP) is 2.95. The lowest BCUT2D eigenvalue weighted by atomic mass is 10.2. The number of nitrogens with zero attached hydrogens (tertiary/aromatic N) is 1. The highest BCUT2D eigenvalue weighted by atomic mass is 16.5. The number of ether oxygens (including phenoxy) is 2. The Morgan fingerprint density at radius 3 is 2.61 bits per heavy atom. The molecule has 0 aliphatic carbocycles. The van der Waals surface area contributed by atoms with Crippen LogP contribution >= 0.6 is 0 Å². The quantitative estimate of drug-likeness (QED) is 0.888. The summed E-state index contributed by atoms with van der Waals surface area (Å²) in [5.41, 5.74) is 1.57. The van der Waals surface area contributed by atoms with E-state index in [4.69, 9.17) is 9.47 Å². The molecule has 2 aromatic rings. The molecule has 0 saturated carbocycles. The Bertz CT molecular complexity index is 650. The lowest BCUT2D eigenvalue weighted by Crippen LogP contribution is -2.26. The van der Waals surface area contributed by atoms with E-state index >= 15 is 0 Å². The topological polar surface area (TPSA) is 72.5 Å². The summed E-state index contributed by atoms with van der Waals surface area (Å²) < 4.78 is 10.5. The van der Waals surface area contributed by atoms with Crippen LogP contribution in [0.15, 0.2) is 42.6 Å². The van der Waals surface area contributed by atoms with E-state index in [-0.39, 0.29) is 12.0 Å². The van der Waals surface area contributed by atoms with E-state index in [1.54, 1.807) is 13.3 Å². The SMILES string of the molecule is COc1ccc(Nc2ccc(NC(=O)C3CCCO3)cn2)cc1. The molecule has 2 N–H and O–H groups in total. The first kappa shape index (κ1) is 15.3. The fraction of sp³-hybridized carbons (Fsp3) is 0.294. The highest BCUT2D eigenvalue weighted by molar-refractivity contribution is 5.94. The van der Waals surface area contributed by atoms with Gasteiger partial charge in [-0.1, -0.05) is 0 Å². The molecule has 6 heteroatoms. The Labute approximate surface area is 134 Å². The van der Waals surface area contributed by atoms with Crippen LogP contribution in [-0.2, 0) is 9.53 Å². The molecule has 1 amide bonds. The largest absolute Gasteiger partial charge is 0.497 e. The van der Waals surface area contributed by atoms with Gasteiger partial charge in [-0.15, -0.1) is 0 Å². The van der Waals surface area contributed by atoms with Gasteiger partial charge in [0.25, 0.3) is 5.91 Å². The third-order valence-corrected chi connectivity index (χ3v) is 3.62. The van der Waals surface area contributed by atoms with Gasteiger partial charge in [0.05, 0.1) is 19.0 Å². The van der Waals surface area contributed by atoms with Gasteiger partial charge in [-0.3, -0.25) is 4.79 Å². The average Bonchev–Trinajstić information content (AvgIpc) is 3.12. The summed E-state index contributed by atoms with van der Waals surface area (Å²) in [4.78, 5) is 16.3. The van der Waals surface area contributed by atoms with E-state index in [9.17, 15) is 4.79 Å². The number of methoxy groups -OCH3 is 1. The van der Waals surface area contributed by atoms with Crippen LogP contribution in [0.25, 0.3) is 0 Å². The van der Waals surface area contributed by atoms with E-state index in [2.05, 4.69) is 15.6 Å². The standard InChI is InChI=1S/C17H19N3O3/c1-22-14-7-4-12(5-8-14)19-16-9-6-13(11-18-16)20-17(21)15-3-2-10-23-15/h4-9,11,15H,2-3,10H2,1H3,(H,18,19)(H,20,21). The minimum absolute atomic E-state index is 0.111. The molecule has 1 unspecified atom stereocenters. The zero-order valence-corrected chi connectivity index (χ0v) is 12.9. The second-order valence-electron chi connectivity index (χ2n) is 5.28. The number of pyridine rings is 1. The zero-order valence-electron chi connectivity index (χ0n) is 12.9. The Hall–Kier alpha value is -2.60. The molecule has 6 nitrogen and oxygen atoms in total. The van der Waals surface area contributed by atoms with Crippen molar-refractivity contribution in [2.24, 2.45) is 0 Å². The van der Waals surface area contributed by atoms with Gasteiger partial charge in [0, 0.05) is 12.3 Å². The van der Waals surface area contributed by atoms with E-state index in [0.717, 1.165) is 24.3 Å². The van der Waals surface area contributed by atoms with Crippen molar-refractivity contribution in [2.75, 3.05) is 24.4 Å². The molecule has 120 valence electrons. The van der Waals surface area contributed by atoms with Gasteiger partial charge in [-0.25, -0.2) is 4.98 Å². The lowest BCUT2D eigenvalue weighted by Gasteiger charge is -2.11. The Morgan fingerprint density at radius 1 is 1.22 bits per heavy atom. The molecular weight excluding hydrogens is 294 g/mol. The van der Waals surface area contributed by atoms with E-state index in [0.29, 0.717) is 18.1 Å². The van der Waals surface area contributed by atoms with Gasteiger partial charge in [-0.05, 0) is 49.2 Å². The Morgan fingerprint density at radius 2 is 2.00 bits per heavy atom. The van der Waals surface area contributed by atoms with Gasteiger partial charge in [0.1, 0.15) is 17.7 Å². The van der Waals surface area contributed by atoms with Gasteiger partial charge in [0.2, 0.25) is 0 Å². The van der Waals surface area contributed by atoms with Crippen molar-refractivity contribution in [1.82, 2.24) is 4.98 Å². The first-order valence-corrected chi connectivity index (χ1v) is 7.54. The van der Waals surface area contributed by atoms with Gasteiger partial charge in [0.15, 0.2) is 0 Å². The van der Waals surface area contributed by atoms with Crippen molar-refractivity contribution < 1.29 is 14.3 Å². The number of nitrogens with one attached hydrogen (secondary N) is 2. The number of amides is 1. The normalized spacial score (nSPS) is 16.8. The summed E-state index contributed by atoms with van der Waals surface area (Å²) >= 11 is 0. The highest BCUT2D eigenvalue weighted by Gasteiger charge is 2.23. The van der Waals surface area contributed by atoms with E-state index < -0.39 is 0 Å². The fourth-order valence-corrected chi connectivity index (χ4v) is 2.37. The van der Waals surface area contributed by atoms with E-state index in [1.807, 2.05) is 36.4 Å². The number of carbonyl (C=O) groups is 1. The molecule has 1 fully saturated rings. The molecule has 23 heavy (non-hydrogen) atoms. The van der Waals surface area contributed by atoms with Crippen molar-refractivity contribution >= 4 is 23.1 Å². The maximum absolute atomic E-state index is 12.0. The molecule has 0 bridgehead atoms. The van der Waals surface area contributed by atoms with Crippen molar-refractivity contribution in [2.45, 2.75) is 18.9 Å². The highest BCUT2D eigenvalue weighted by Crippen LogP contribution is 2.20. The monoisotopic (exact) mass is 313 g/mol. The van der Waals surface area contributed by atoms with Crippen molar-refractivity contribution in [3.8, 4) is 5.75 Å². The second-order valence-corrected chi connectivity index (χ2v) is 5.28. The van der Waals surface area contributed by atoms with Crippen molar-refractivity contribution in [3.05, 3.63) is 42.6 Å². The minimum atomic E-state index is -0.341. The minimum Gasteiger partial charge on any atom is -0.497 e. The van der Waals surface area contributed by atoms with Crippen molar-refractivity contribution in [1.29, 1.82) is 0 Å². The zero-order chi connectivity index (χ0) is 16.1. The second kappa shape index (κ2) is 7.11. The Balaban J connectivity index is 1.58. The number of carbonyl (C=O) groups excluding carboxylic acids is 1. The van der Waals surface area contributed by atoms with Crippen LogP contribution in [0.3, 0.4) is 0 Å². The molecule has 3 rings (SSSR count). The molecular formula is C17H19N3O3. The first-order valence-electron chi connectivity index (χ1n) is 7.54. The van der Waals surface area contributed by atoms with Crippen molar-refractivity contribution in [3.63, 3.8) is 0 Å². The number of aromatic nitrogens is 1. The number of hydrogen-bond acceptors (Lipinski definition) is 5. The summed E-state index contributed by atoms with van der Waals surface area (Å²) in [6.45, 7) is 0.654. The fourth-order valence-electron chi connectivity index (χ4n) is 2.37. The number of anilines is 3. The van der Waals surface area contributed by atoms with Crippen LogP contribution in [0.5, 0.6) is 5.75 Å². The summed E-state index contributed by atoms with van der Waals surface area (Å²) in [5, 5.41) is 6.01. The average molecular weight is 313 g/mol.